The average Bonchev–Trinajstić information content (AvgIpc) is 2.42. The fraction of sp³-hybridized carbons (Fsp3) is 0.533. The summed E-state index contributed by atoms with van der Waals surface area (Å²) in [5.41, 5.74) is -0.544. The maximum atomic E-state index is 12.8. The highest BCUT2D eigenvalue weighted by atomic mass is 19.4. The number of hydrogen-bond acceptors (Lipinski definition) is 2. The van der Waals surface area contributed by atoms with Crippen molar-refractivity contribution in [2.75, 3.05) is 5.32 Å². The van der Waals surface area contributed by atoms with E-state index < -0.39 is 17.8 Å². The van der Waals surface area contributed by atoms with E-state index in [-0.39, 0.29) is 23.4 Å². The molecule has 0 bridgehead atoms. The van der Waals surface area contributed by atoms with E-state index in [1.807, 2.05) is 0 Å². The van der Waals surface area contributed by atoms with Gasteiger partial charge in [-0.1, -0.05) is 6.07 Å². The number of amides is 2. The van der Waals surface area contributed by atoms with Gasteiger partial charge < -0.3 is 15.7 Å². The maximum absolute atomic E-state index is 12.8. The zero-order valence-corrected chi connectivity index (χ0v) is 12.2. The Balaban J connectivity index is 1.97. The van der Waals surface area contributed by atoms with Gasteiger partial charge in [-0.05, 0) is 50.3 Å². The molecule has 2 amide bonds. The summed E-state index contributed by atoms with van der Waals surface area (Å²) < 4.78 is 38.5. The Kier molecular flexibility index (Phi) is 4.95. The van der Waals surface area contributed by atoms with E-state index in [1.165, 1.54) is 19.1 Å². The molecule has 0 radical (unpaired) electrons. The topological polar surface area (TPSA) is 61.4 Å². The van der Waals surface area contributed by atoms with Crippen LogP contribution in [0.2, 0.25) is 0 Å². The molecule has 1 aromatic carbocycles. The number of carbonyl (C=O) groups excluding carboxylic acids is 1. The molecule has 22 heavy (non-hydrogen) atoms. The van der Waals surface area contributed by atoms with E-state index >= 15 is 0 Å². The Morgan fingerprint density at radius 2 is 1.86 bits per heavy atom. The van der Waals surface area contributed by atoms with Crippen molar-refractivity contribution in [1.29, 1.82) is 0 Å². The molecule has 0 saturated heterocycles. The van der Waals surface area contributed by atoms with Crippen LogP contribution < -0.4 is 10.6 Å². The number of benzene rings is 1. The minimum absolute atomic E-state index is 0.0593. The minimum Gasteiger partial charge on any atom is -0.393 e. The molecule has 1 fully saturated rings. The molecule has 1 aliphatic carbocycles. The second kappa shape index (κ2) is 6.56. The number of rotatable bonds is 2. The van der Waals surface area contributed by atoms with Crippen LogP contribution in [0.3, 0.4) is 0 Å². The standard InChI is InChI=1S/C15H19F3N2O2/c1-9-2-3-11(8-13(9)15(16,17)18)20-14(22)19-10-4-6-12(21)7-5-10/h2-3,8,10,12,21H,4-7H2,1H3,(H2,19,20,22). The van der Waals surface area contributed by atoms with Crippen LogP contribution in [-0.4, -0.2) is 23.3 Å². The molecule has 0 heterocycles. The number of alkyl halides is 3. The van der Waals surface area contributed by atoms with Crippen LogP contribution >= 0.6 is 0 Å². The SMILES string of the molecule is Cc1ccc(NC(=O)NC2CCC(O)CC2)cc1C(F)(F)F. The molecule has 0 atom stereocenters. The summed E-state index contributed by atoms with van der Waals surface area (Å²) in [5.74, 6) is 0. The predicted octanol–water partition coefficient (Wildman–Crippen LogP) is 3.44. The van der Waals surface area contributed by atoms with Gasteiger partial charge in [-0.25, -0.2) is 4.79 Å². The number of hydrogen-bond donors (Lipinski definition) is 3. The molecule has 0 aromatic heterocycles. The zero-order valence-electron chi connectivity index (χ0n) is 12.2. The number of carbonyl (C=O) groups is 1. The summed E-state index contributed by atoms with van der Waals surface area (Å²) in [4.78, 5) is 11.8. The third-order valence-corrected chi connectivity index (χ3v) is 3.83. The first-order valence-corrected chi connectivity index (χ1v) is 7.19. The molecular formula is C15H19F3N2O2. The largest absolute Gasteiger partial charge is 0.416 e. The number of aliphatic hydroxyl groups excluding tert-OH is 1. The van der Waals surface area contributed by atoms with Crippen molar-refractivity contribution in [2.45, 2.75) is 50.9 Å². The first-order chi connectivity index (χ1) is 10.3. The van der Waals surface area contributed by atoms with Crippen LogP contribution in [0.1, 0.15) is 36.8 Å². The van der Waals surface area contributed by atoms with Crippen molar-refractivity contribution in [2.24, 2.45) is 0 Å². The van der Waals surface area contributed by atoms with Gasteiger partial charge in [0, 0.05) is 11.7 Å². The van der Waals surface area contributed by atoms with Crippen LogP contribution in [0.25, 0.3) is 0 Å². The summed E-state index contributed by atoms with van der Waals surface area (Å²) in [7, 11) is 0. The normalized spacial score (nSPS) is 22.2. The second-order valence-corrected chi connectivity index (χ2v) is 5.63. The Hall–Kier alpha value is -1.76. The van der Waals surface area contributed by atoms with Crippen molar-refractivity contribution in [3.05, 3.63) is 29.3 Å². The molecule has 0 aliphatic heterocycles. The molecular weight excluding hydrogens is 297 g/mol. The molecule has 7 heteroatoms. The lowest BCUT2D eigenvalue weighted by Gasteiger charge is -2.26. The van der Waals surface area contributed by atoms with Crippen molar-refractivity contribution in [1.82, 2.24) is 5.32 Å². The molecule has 2 rings (SSSR count). The van der Waals surface area contributed by atoms with Crippen molar-refractivity contribution in [3.63, 3.8) is 0 Å². The van der Waals surface area contributed by atoms with Crippen LogP contribution in [0.15, 0.2) is 18.2 Å². The van der Waals surface area contributed by atoms with Gasteiger partial charge in [0.15, 0.2) is 0 Å². The lowest BCUT2D eigenvalue weighted by Crippen LogP contribution is -2.40. The maximum Gasteiger partial charge on any atom is 0.416 e. The van der Waals surface area contributed by atoms with E-state index in [4.69, 9.17) is 0 Å². The summed E-state index contributed by atoms with van der Waals surface area (Å²) in [6.45, 7) is 1.38. The minimum atomic E-state index is -4.45. The number of aliphatic hydroxyl groups is 1. The molecule has 1 aromatic rings. The van der Waals surface area contributed by atoms with Crippen LogP contribution in [0.5, 0.6) is 0 Å². The van der Waals surface area contributed by atoms with Crippen LogP contribution in [0.4, 0.5) is 23.7 Å². The van der Waals surface area contributed by atoms with Gasteiger partial charge in [-0.2, -0.15) is 13.2 Å². The number of aryl methyl sites for hydroxylation is 1. The van der Waals surface area contributed by atoms with Gasteiger partial charge in [0.2, 0.25) is 0 Å². The predicted molar refractivity (Wildman–Crippen MR) is 76.6 cm³/mol. The van der Waals surface area contributed by atoms with Crippen LogP contribution in [-0.2, 0) is 6.18 Å². The van der Waals surface area contributed by atoms with E-state index in [9.17, 15) is 23.1 Å². The molecule has 0 unspecified atom stereocenters. The van der Waals surface area contributed by atoms with Crippen molar-refractivity contribution < 1.29 is 23.1 Å². The van der Waals surface area contributed by atoms with E-state index in [0.717, 1.165) is 6.07 Å². The van der Waals surface area contributed by atoms with Gasteiger partial charge in [0.05, 0.1) is 11.7 Å². The summed E-state index contributed by atoms with van der Waals surface area (Å²) in [6, 6.07) is 3.11. The number of nitrogens with one attached hydrogen (secondary N) is 2. The summed E-state index contributed by atoms with van der Waals surface area (Å²) >= 11 is 0. The third-order valence-electron chi connectivity index (χ3n) is 3.83. The highest BCUT2D eigenvalue weighted by Gasteiger charge is 2.32. The number of urea groups is 1. The molecule has 0 spiro atoms. The van der Waals surface area contributed by atoms with Gasteiger partial charge in [0.1, 0.15) is 0 Å². The number of halogens is 3. The Morgan fingerprint density at radius 3 is 2.45 bits per heavy atom. The lowest BCUT2D eigenvalue weighted by molar-refractivity contribution is -0.138. The molecule has 122 valence electrons. The van der Waals surface area contributed by atoms with Gasteiger partial charge in [-0.3, -0.25) is 0 Å². The van der Waals surface area contributed by atoms with Crippen LogP contribution in [0, 0.1) is 6.92 Å². The Labute approximate surface area is 126 Å². The van der Waals surface area contributed by atoms with E-state index in [0.29, 0.717) is 25.7 Å². The quantitative estimate of drug-likeness (QED) is 0.783. The van der Waals surface area contributed by atoms with Crippen molar-refractivity contribution in [3.8, 4) is 0 Å². The van der Waals surface area contributed by atoms with E-state index in [2.05, 4.69) is 10.6 Å². The lowest BCUT2D eigenvalue weighted by atomic mass is 9.93. The van der Waals surface area contributed by atoms with Gasteiger partial charge in [-0.15, -0.1) is 0 Å². The summed E-state index contributed by atoms with van der Waals surface area (Å²) in [5, 5.41) is 14.5. The highest BCUT2D eigenvalue weighted by Crippen LogP contribution is 2.33. The van der Waals surface area contributed by atoms with E-state index in [1.54, 1.807) is 0 Å². The molecule has 1 saturated carbocycles. The monoisotopic (exact) mass is 316 g/mol. The second-order valence-electron chi connectivity index (χ2n) is 5.63. The highest BCUT2D eigenvalue weighted by molar-refractivity contribution is 5.89. The van der Waals surface area contributed by atoms with Gasteiger partial charge in [0.25, 0.3) is 0 Å². The molecule has 3 N–H and O–H groups in total. The first kappa shape index (κ1) is 16.6. The fourth-order valence-corrected chi connectivity index (χ4v) is 2.58. The average molecular weight is 316 g/mol. The Bertz CT molecular complexity index is 538. The third kappa shape index (κ3) is 4.37. The number of anilines is 1. The first-order valence-electron chi connectivity index (χ1n) is 7.19. The van der Waals surface area contributed by atoms with Crippen molar-refractivity contribution >= 4 is 11.7 Å². The Morgan fingerprint density at radius 1 is 1.23 bits per heavy atom. The zero-order chi connectivity index (χ0) is 16.3. The smallest absolute Gasteiger partial charge is 0.393 e. The molecule has 1 aliphatic rings. The molecule has 4 nitrogen and oxygen atoms in total. The fourth-order valence-electron chi connectivity index (χ4n) is 2.58. The van der Waals surface area contributed by atoms with Gasteiger partial charge >= 0.3 is 12.2 Å². The summed E-state index contributed by atoms with van der Waals surface area (Å²) in [6.07, 6.45) is -2.21.